The summed E-state index contributed by atoms with van der Waals surface area (Å²) in [7, 11) is 0. The molecule has 0 aromatic heterocycles. The molecule has 0 radical (unpaired) electrons. The van der Waals surface area contributed by atoms with Crippen molar-refractivity contribution < 1.29 is 29.7 Å². The molecule has 2 aromatic carbocycles. The zero-order chi connectivity index (χ0) is 16.3. The number of nitrogens with one attached hydrogen (secondary N) is 1. The average Bonchev–Trinajstić information content (AvgIpc) is 2.46. The summed E-state index contributed by atoms with van der Waals surface area (Å²) >= 11 is 0. The van der Waals surface area contributed by atoms with E-state index in [0.29, 0.717) is 0 Å². The van der Waals surface area contributed by atoms with E-state index in [1.807, 2.05) is 0 Å². The largest absolute Gasteiger partial charge is 0.508 e. The van der Waals surface area contributed by atoms with E-state index in [-0.39, 0.29) is 22.6 Å². The van der Waals surface area contributed by atoms with Gasteiger partial charge in [-0.2, -0.15) is 0 Å². The lowest BCUT2D eigenvalue weighted by Crippen LogP contribution is -2.17. The molecule has 7 nitrogen and oxygen atoms in total. The van der Waals surface area contributed by atoms with Gasteiger partial charge in [-0.1, -0.05) is 6.07 Å². The molecule has 0 heterocycles. The summed E-state index contributed by atoms with van der Waals surface area (Å²) in [5.74, 6) is -3.48. The molecule has 0 saturated carbocycles. The van der Waals surface area contributed by atoms with Crippen LogP contribution in [0.1, 0.15) is 31.1 Å². The standard InChI is InChI=1S/C15H11NO6/c17-10-3-1-2-9(7-10)16-13(18)11-5-4-8(14(19)20)6-12(11)15(21)22/h1-7,17H,(H,16,18)(H,19,20)(H,21,22). The van der Waals surface area contributed by atoms with Crippen molar-refractivity contribution in [3.63, 3.8) is 0 Å². The number of aromatic hydroxyl groups is 1. The number of benzene rings is 2. The molecule has 0 spiro atoms. The molecule has 112 valence electrons. The number of hydrogen-bond donors (Lipinski definition) is 4. The van der Waals surface area contributed by atoms with Crippen molar-refractivity contribution >= 4 is 23.5 Å². The molecule has 0 saturated heterocycles. The van der Waals surface area contributed by atoms with Crippen LogP contribution < -0.4 is 5.32 Å². The molecule has 4 N–H and O–H groups in total. The highest BCUT2D eigenvalue weighted by Crippen LogP contribution is 2.18. The van der Waals surface area contributed by atoms with Crippen LogP contribution in [0.15, 0.2) is 42.5 Å². The van der Waals surface area contributed by atoms with Crippen LogP contribution in [0.25, 0.3) is 0 Å². The van der Waals surface area contributed by atoms with Crippen LogP contribution >= 0.6 is 0 Å². The lowest BCUT2D eigenvalue weighted by atomic mass is 10.0. The monoisotopic (exact) mass is 301 g/mol. The third-order valence-electron chi connectivity index (χ3n) is 2.85. The summed E-state index contributed by atoms with van der Waals surface area (Å²) in [6, 6.07) is 8.93. The Balaban J connectivity index is 2.36. The molecular weight excluding hydrogens is 290 g/mol. The van der Waals surface area contributed by atoms with Gasteiger partial charge in [0, 0.05) is 11.8 Å². The van der Waals surface area contributed by atoms with E-state index in [2.05, 4.69) is 5.32 Å². The molecule has 0 unspecified atom stereocenters. The van der Waals surface area contributed by atoms with Gasteiger partial charge in [0.15, 0.2) is 0 Å². The summed E-state index contributed by atoms with van der Waals surface area (Å²) in [6.07, 6.45) is 0. The highest BCUT2D eigenvalue weighted by atomic mass is 16.4. The second-order valence-corrected chi connectivity index (χ2v) is 4.38. The maximum atomic E-state index is 12.1. The van der Waals surface area contributed by atoms with Gasteiger partial charge >= 0.3 is 11.9 Å². The first-order valence-corrected chi connectivity index (χ1v) is 6.09. The first-order valence-electron chi connectivity index (χ1n) is 6.09. The normalized spacial score (nSPS) is 10.0. The number of hydrogen-bond acceptors (Lipinski definition) is 4. The minimum absolute atomic E-state index is 0.0579. The van der Waals surface area contributed by atoms with Crippen LogP contribution in [0.4, 0.5) is 5.69 Å². The lowest BCUT2D eigenvalue weighted by Gasteiger charge is -2.09. The Hall–Kier alpha value is -3.35. The predicted octanol–water partition coefficient (Wildman–Crippen LogP) is 2.04. The molecule has 0 aliphatic carbocycles. The number of rotatable bonds is 4. The number of carbonyl (C=O) groups excluding carboxylic acids is 1. The molecule has 0 aliphatic heterocycles. The smallest absolute Gasteiger partial charge is 0.336 e. The molecule has 1 amide bonds. The number of carboxylic acids is 2. The second kappa shape index (κ2) is 5.96. The minimum Gasteiger partial charge on any atom is -0.508 e. The Kier molecular flexibility index (Phi) is 4.08. The van der Waals surface area contributed by atoms with Crippen LogP contribution in [-0.4, -0.2) is 33.2 Å². The molecule has 0 aliphatic rings. The van der Waals surface area contributed by atoms with Crippen LogP contribution in [0.3, 0.4) is 0 Å². The maximum Gasteiger partial charge on any atom is 0.336 e. The Morgan fingerprint density at radius 1 is 0.864 bits per heavy atom. The van der Waals surface area contributed by atoms with Gasteiger partial charge in [-0.25, -0.2) is 9.59 Å². The van der Waals surface area contributed by atoms with Gasteiger partial charge in [0.1, 0.15) is 5.75 Å². The van der Waals surface area contributed by atoms with E-state index in [4.69, 9.17) is 10.2 Å². The van der Waals surface area contributed by atoms with E-state index in [9.17, 15) is 19.5 Å². The number of amides is 1. The Labute approximate surface area is 124 Å². The molecule has 0 bridgehead atoms. The van der Waals surface area contributed by atoms with Crippen LogP contribution in [-0.2, 0) is 0 Å². The van der Waals surface area contributed by atoms with E-state index < -0.39 is 23.4 Å². The summed E-state index contributed by atoms with van der Waals surface area (Å²) < 4.78 is 0. The van der Waals surface area contributed by atoms with Crippen molar-refractivity contribution in [1.82, 2.24) is 0 Å². The number of anilines is 1. The molecule has 2 aromatic rings. The summed E-state index contributed by atoms with van der Waals surface area (Å²) in [6.45, 7) is 0. The summed E-state index contributed by atoms with van der Waals surface area (Å²) in [5, 5.41) is 29.7. The summed E-state index contributed by atoms with van der Waals surface area (Å²) in [4.78, 5) is 34.2. The molecule has 0 fully saturated rings. The van der Waals surface area contributed by atoms with Gasteiger partial charge in [-0.15, -0.1) is 0 Å². The van der Waals surface area contributed by atoms with Gasteiger partial charge in [0.05, 0.1) is 16.7 Å². The van der Waals surface area contributed by atoms with Crippen molar-refractivity contribution in [2.45, 2.75) is 0 Å². The zero-order valence-corrected chi connectivity index (χ0v) is 11.1. The molecule has 22 heavy (non-hydrogen) atoms. The Morgan fingerprint density at radius 2 is 1.59 bits per heavy atom. The van der Waals surface area contributed by atoms with Crippen molar-refractivity contribution in [2.75, 3.05) is 5.32 Å². The van der Waals surface area contributed by atoms with Crippen molar-refractivity contribution in [1.29, 1.82) is 0 Å². The number of carbonyl (C=O) groups is 3. The number of aromatic carboxylic acids is 2. The van der Waals surface area contributed by atoms with Crippen molar-refractivity contribution in [2.24, 2.45) is 0 Å². The van der Waals surface area contributed by atoms with Crippen molar-refractivity contribution in [3.05, 3.63) is 59.2 Å². The zero-order valence-electron chi connectivity index (χ0n) is 11.1. The van der Waals surface area contributed by atoms with Crippen LogP contribution in [0, 0.1) is 0 Å². The fourth-order valence-corrected chi connectivity index (χ4v) is 1.83. The highest BCUT2D eigenvalue weighted by Gasteiger charge is 2.19. The number of phenolic OH excluding ortho intramolecular Hbond substituents is 1. The highest BCUT2D eigenvalue weighted by molar-refractivity contribution is 6.11. The van der Waals surface area contributed by atoms with Gasteiger partial charge in [0.25, 0.3) is 5.91 Å². The van der Waals surface area contributed by atoms with Crippen molar-refractivity contribution in [3.8, 4) is 5.75 Å². The van der Waals surface area contributed by atoms with Gasteiger partial charge in [-0.3, -0.25) is 4.79 Å². The second-order valence-electron chi connectivity index (χ2n) is 4.38. The quantitative estimate of drug-likeness (QED) is 0.685. The first kappa shape index (κ1) is 15.0. The Bertz CT molecular complexity index is 768. The first-order chi connectivity index (χ1) is 10.4. The van der Waals surface area contributed by atoms with Gasteiger partial charge < -0.3 is 20.6 Å². The van der Waals surface area contributed by atoms with Gasteiger partial charge in [-0.05, 0) is 30.3 Å². The lowest BCUT2D eigenvalue weighted by molar-refractivity contribution is 0.0692. The Morgan fingerprint density at radius 3 is 2.18 bits per heavy atom. The van der Waals surface area contributed by atoms with Crippen LogP contribution in [0.5, 0.6) is 5.75 Å². The molecule has 0 atom stereocenters. The molecular formula is C15H11NO6. The van der Waals surface area contributed by atoms with Crippen LogP contribution in [0.2, 0.25) is 0 Å². The molecule has 2 rings (SSSR count). The third-order valence-corrected chi connectivity index (χ3v) is 2.85. The van der Waals surface area contributed by atoms with E-state index in [1.165, 1.54) is 24.3 Å². The predicted molar refractivity (Wildman–Crippen MR) is 76.4 cm³/mol. The average molecular weight is 301 g/mol. The maximum absolute atomic E-state index is 12.1. The fourth-order valence-electron chi connectivity index (χ4n) is 1.83. The SMILES string of the molecule is O=C(O)c1ccc(C(=O)Nc2cccc(O)c2)c(C(=O)O)c1. The minimum atomic E-state index is -1.41. The van der Waals surface area contributed by atoms with E-state index in [1.54, 1.807) is 0 Å². The molecule has 7 heteroatoms. The fraction of sp³-hybridized carbons (Fsp3) is 0. The topological polar surface area (TPSA) is 124 Å². The summed E-state index contributed by atoms with van der Waals surface area (Å²) in [5.41, 5.74) is -0.548. The number of phenols is 1. The van der Waals surface area contributed by atoms with E-state index >= 15 is 0 Å². The number of carboxylic acid groups (broad SMARTS) is 2. The van der Waals surface area contributed by atoms with Gasteiger partial charge in [0.2, 0.25) is 0 Å². The third kappa shape index (κ3) is 3.21. The van der Waals surface area contributed by atoms with E-state index in [0.717, 1.165) is 18.2 Å².